The number of guanidine groups is 1. The van der Waals surface area contributed by atoms with Crippen LogP contribution in [0.2, 0.25) is 0 Å². The molecule has 21 N–H and O–H groups in total. The molecule has 448 valence electrons. The summed E-state index contributed by atoms with van der Waals surface area (Å²) in [5, 5.41) is 51.6. The van der Waals surface area contributed by atoms with Crippen LogP contribution in [0.15, 0.2) is 71.7 Å². The zero-order chi connectivity index (χ0) is 60.7. The molecule has 0 bridgehead atoms. The van der Waals surface area contributed by atoms with Gasteiger partial charge in [0.2, 0.25) is 53.2 Å². The maximum Gasteiger partial charge on any atom is 0.245 e. The summed E-state index contributed by atoms with van der Waals surface area (Å²) in [6.07, 6.45) is 0.656. The lowest BCUT2D eigenvalue weighted by molar-refractivity contribution is -0.135. The molecular weight excluding hydrogens is 1330 g/mol. The molecule has 1 saturated heterocycles. The topological polar surface area (TPSA) is 453 Å². The van der Waals surface area contributed by atoms with Gasteiger partial charge in [-0.15, -0.1) is 0 Å². The highest BCUT2D eigenvalue weighted by Crippen LogP contribution is 2.39. The van der Waals surface area contributed by atoms with Crippen molar-refractivity contribution < 1.29 is 58.5 Å². The van der Waals surface area contributed by atoms with Gasteiger partial charge in [0.15, 0.2) is 5.96 Å². The van der Waals surface area contributed by atoms with Gasteiger partial charge in [0.1, 0.15) is 53.8 Å². The second-order valence-corrected chi connectivity index (χ2v) is 25.0. The number of nitrogens with one attached hydrogen (secondary N) is 8. The number of nitrogens with zero attached hydrogens (tertiary/aromatic N) is 1. The number of phenols is 2. The number of aliphatic imine (C=N–C) groups is 1. The number of benzene rings is 3. The summed E-state index contributed by atoms with van der Waals surface area (Å²) < 4.78 is -0.536. The average molecular weight is 1400 g/mol. The Labute approximate surface area is 509 Å². The molecule has 8 atom stereocenters. The third kappa shape index (κ3) is 22.5. The second kappa shape index (κ2) is 33.8. The lowest BCUT2D eigenvalue weighted by Gasteiger charge is -2.35. The number of aliphatic hydroxyl groups excluding tert-OH is 1. The van der Waals surface area contributed by atoms with Crippen molar-refractivity contribution >= 4 is 126 Å². The molecule has 82 heavy (non-hydrogen) atoms. The Bertz CT molecular complexity index is 2720. The molecule has 0 aliphatic carbocycles. The summed E-state index contributed by atoms with van der Waals surface area (Å²) in [7, 11) is 1.97. The monoisotopic (exact) mass is 1400 g/mol. The van der Waals surface area contributed by atoms with Gasteiger partial charge in [0.25, 0.3) is 0 Å². The molecule has 1 unspecified atom stereocenters. The highest BCUT2D eigenvalue weighted by Gasteiger charge is 2.41. The molecule has 1 fully saturated rings. The molecule has 1 heterocycles. The molecule has 0 radical (unpaired) electrons. The van der Waals surface area contributed by atoms with Gasteiger partial charge in [0.05, 0.1) is 26.3 Å². The first kappa shape index (κ1) is 68.3. The molecular formula is C52H72I2N14O12S2. The quantitative estimate of drug-likeness (QED) is 0.0170. The number of carbonyl (C=O) groups excluding carboxylic acids is 9. The van der Waals surface area contributed by atoms with E-state index in [0.717, 1.165) is 21.6 Å². The van der Waals surface area contributed by atoms with Gasteiger partial charge in [-0.25, -0.2) is 0 Å². The number of nitrogens with two attached hydrogens (primary N) is 5. The Hall–Kier alpha value is -6.20. The van der Waals surface area contributed by atoms with E-state index in [1.54, 1.807) is 68.4 Å². The summed E-state index contributed by atoms with van der Waals surface area (Å²) >= 11 is 3.81. The molecule has 0 aromatic heterocycles. The fourth-order valence-corrected chi connectivity index (χ4v) is 12.8. The van der Waals surface area contributed by atoms with Crippen LogP contribution in [-0.4, -0.2) is 160 Å². The number of rotatable bonds is 22. The summed E-state index contributed by atoms with van der Waals surface area (Å²) in [5.74, 6) is -8.56. The van der Waals surface area contributed by atoms with Crippen molar-refractivity contribution in [3.8, 4) is 11.5 Å². The van der Waals surface area contributed by atoms with Crippen LogP contribution in [0.25, 0.3) is 0 Å². The molecule has 3 aromatic rings. The van der Waals surface area contributed by atoms with E-state index < -0.39 is 119 Å². The smallest absolute Gasteiger partial charge is 0.245 e. The minimum absolute atomic E-state index is 0.0143. The van der Waals surface area contributed by atoms with E-state index in [1.807, 2.05) is 45.2 Å². The predicted molar refractivity (Wildman–Crippen MR) is 327 cm³/mol. The lowest BCUT2D eigenvalue weighted by Crippen LogP contribution is -2.62. The van der Waals surface area contributed by atoms with Crippen molar-refractivity contribution in [1.29, 1.82) is 0 Å². The van der Waals surface area contributed by atoms with Crippen molar-refractivity contribution in [3.05, 3.63) is 90.6 Å². The van der Waals surface area contributed by atoms with Crippen LogP contribution in [0, 0.1) is 7.14 Å². The summed E-state index contributed by atoms with van der Waals surface area (Å²) in [6, 6.07) is 6.14. The van der Waals surface area contributed by atoms with Crippen LogP contribution >= 0.6 is 66.8 Å². The van der Waals surface area contributed by atoms with Crippen molar-refractivity contribution in [3.63, 3.8) is 0 Å². The number of phenolic OH excluding ortho intramolecular Hbond substituents is 2. The van der Waals surface area contributed by atoms with Crippen molar-refractivity contribution in [2.24, 2.45) is 33.7 Å². The molecule has 1 aliphatic heterocycles. The Kier molecular flexibility index (Phi) is 28.1. The van der Waals surface area contributed by atoms with Gasteiger partial charge in [0, 0.05) is 29.9 Å². The third-order valence-electron chi connectivity index (χ3n) is 12.6. The van der Waals surface area contributed by atoms with E-state index in [9.17, 15) is 58.5 Å². The Morgan fingerprint density at radius 3 is 1.98 bits per heavy atom. The molecule has 3 aromatic carbocycles. The van der Waals surface area contributed by atoms with Crippen molar-refractivity contribution in [2.45, 2.75) is 118 Å². The zero-order valence-corrected chi connectivity index (χ0v) is 51.0. The first-order valence-corrected chi connectivity index (χ1v) is 30.4. The normalized spacial score (nSPS) is 20.4. The summed E-state index contributed by atoms with van der Waals surface area (Å²) in [6.45, 7) is 1.81. The zero-order valence-electron chi connectivity index (χ0n) is 45.1. The molecule has 0 saturated carbocycles. The molecule has 9 amide bonds. The van der Waals surface area contributed by atoms with Gasteiger partial charge >= 0.3 is 0 Å². The van der Waals surface area contributed by atoms with E-state index in [0.29, 0.717) is 36.7 Å². The minimum Gasteiger partial charge on any atom is -0.508 e. The number of primary amides is 1. The SMILES string of the molecule is CC1(C)SSCC(C(=O)N[C@@H](CCCCN)C(=O)N[C@@H](CCCN=C(N)N)C(N)=O)NC(=O)[C@H](Cc2ccccc2)NC(=O)[C@H](CO)NC(=O)CNC(=O)[C@H](Cc2cc(I)c(O)c(I)c2)NC(=O)[C@@H]1NC(=O)[C@@H](N)Cc1ccc(O)cc1. The van der Waals surface area contributed by atoms with E-state index in [1.165, 1.54) is 12.1 Å². The Morgan fingerprint density at radius 1 is 0.744 bits per heavy atom. The number of aromatic hydroxyl groups is 2. The van der Waals surface area contributed by atoms with Crippen LogP contribution in [0.3, 0.4) is 0 Å². The number of carbonyl (C=O) groups is 9. The highest BCUT2D eigenvalue weighted by molar-refractivity contribution is 14.1. The number of aliphatic hydroxyl groups is 1. The van der Waals surface area contributed by atoms with Crippen LogP contribution < -0.4 is 71.2 Å². The van der Waals surface area contributed by atoms with Gasteiger partial charge in [-0.3, -0.25) is 48.1 Å². The Morgan fingerprint density at radius 2 is 1.35 bits per heavy atom. The van der Waals surface area contributed by atoms with E-state index in [4.69, 9.17) is 28.7 Å². The predicted octanol–water partition coefficient (Wildman–Crippen LogP) is -1.99. The van der Waals surface area contributed by atoms with Gasteiger partial charge in [-0.2, -0.15) is 0 Å². The number of amides is 9. The number of hydrogen-bond donors (Lipinski definition) is 16. The average Bonchev–Trinajstić information content (AvgIpc) is 3.56. The van der Waals surface area contributed by atoms with E-state index in [-0.39, 0.29) is 74.8 Å². The number of unbranched alkanes of at least 4 members (excludes halogenated alkanes) is 1. The summed E-state index contributed by atoms with van der Waals surface area (Å²) in [5.41, 5.74) is 30.3. The minimum atomic E-state index is -1.68. The number of halogens is 2. The molecule has 1 aliphatic rings. The first-order valence-electron chi connectivity index (χ1n) is 25.9. The first-order chi connectivity index (χ1) is 38.8. The maximum absolute atomic E-state index is 14.9. The number of hydrogen-bond acceptors (Lipinski definition) is 17. The fraction of sp³-hybridized carbons (Fsp3) is 0.462. The van der Waals surface area contributed by atoms with Crippen molar-refractivity contribution in [2.75, 3.05) is 32.0 Å². The molecule has 26 nitrogen and oxygen atoms in total. The van der Waals surface area contributed by atoms with Crippen molar-refractivity contribution in [1.82, 2.24) is 42.5 Å². The largest absolute Gasteiger partial charge is 0.508 e. The Balaban J connectivity index is 1.82. The lowest BCUT2D eigenvalue weighted by atomic mass is 9.99. The van der Waals surface area contributed by atoms with Gasteiger partial charge in [-0.1, -0.05) is 64.1 Å². The standard InChI is InChI=1S/C52H72I2N14O12S2/c1-52(2)42(68-44(74)33(56)21-28-13-15-30(70)16-14-28)50(80)66-36(23-29-19-31(53)41(72)32(54)20-29)45(75)61-24-40(71)62-38(25-69)48(78)65-37(22-27-9-4-3-5-10-27)47(77)67-39(26-81-82-52)49(79)64-35(11-6-7-17-55)46(76)63-34(43(57)73)12-8-18-60-51(58)59/h3-5,9-10,13-16,19-20,33-39,42,69-70,72H,6-8,11-12,17-18,21-26,55-56H2,1-2H3,(H2,57,73)(H,61,75)(H,62,71)(H,63,76)(H,64,79)(H,65,78)(H,66,80)(H,67,77)(H,68,74)(H4,58,59,60)/t33-,34-,35-,36-,37-,38-,39?,42-/m0/s1. The van der Waals surface area contributed by atoms with Gasteiger partial charge < -0.3 is 86.5 Å². The summed E-state index contributed by atoms with van der Waals surface area (Å²) in [4.78, 5) is 130. The molecule has 4 rings (SSSR count). The third-order valence-corrected chi connectivity index (χ3v) is 17.6. The van der Waals surface area contributed by atoms with Crippen LogP contribution in [0.1, 0.15) is 62.6 Å². The fourth-order valence-electron chi connectivity index (χ4n) is 8.13. The van der Waals surface area contributed by atoms with Crippen LogP contribution in [-0.2, 0) is 62.4 Å². The second-order valence-electron chi connectivity index (χ2n) is 19.7. The van der Waals surface area contributed by atoms with Crippen LogP contribution in [0.5, 0.6) is 11.5 Å². The van der Waals surface area contributed by atoms with E-state index in [2.05, 4.69) is 47.5 Å². The van der Waals surface area contributed by atoms with Gasteiger partial charge in [-0.05, 0) is 145 Å². The molecule has 30 heteroatoms. The van der Waals surface area contributed by atoms with Crippen LogP contribution in [0.4, 0.5) is 0 Å². The maximum atomic E-state index is 14.9. The van der Waals surface area contributed by atoms with E-state index >= 15 is 0 Å². The highest BCUT2D eigenvalue weighted by atomic mass is 127. The molecule has 0 spiro atoms.